The van der Waals surface area contributed by atoms with Gasteiger partial charge in [0.05, 0.1) is 11.7 Å². The molecular weight excluding hydrogens is 254 g/mol. The zero-order valence-electron chi connectivity index (χ0n) is 9.56. The van der Waals surface area contributed by atoms with E-state index in [1.165, 1.54) is 11.3 Å². The third-order valence-electron chi connectivity index (χ3n) is 2.34. The third kappa shape index (κ3) is 2.65. The van der Waals surface area contributed by atoms with Crippen molar-refractivity contribution in [3.05, 3.63) is 33.0 Å². The van der Waals surface area contributed by atoms with Gasteiger partial charge in [-0.1, -0.05) is 17.4 Å². The van der Waals surface area contributed by atoms with Crippen LogP contribution in [0.25, 0.3) is 0 Å². The summed E-state index contributed by atoms with van der Waals surface area (Å²) >= 11 is 2.85. The molecule has 6 heteroatoms. The topological polar surface area (TPSA) is 68.0 Å². The largest absolute Gasteiger partial charge is 0.375 e. The van der Waals surface area contributed by atoms with E-state index in [1.807, 2.05) is 24.4 Å². The molecule has 4 nitrogen and oxygen atoms in total. The summed E-state index contributed by atoms with van der Waals surface area (Å²) in [5.74, 6) is -0.113. The van der Waals surface area contributed by atoms with Crippen LogP contribution in [0.5, 0.6) is 0 Å². The number of nitrogen functional groups attached to an aromatic ring is 1. The highest BCUT2D eigenvalue weighted by atomic mass is 32.1. The lowest BCUT2D eigenvalue weighted by Gasteiger charge is -2.11. The van der Waals surface area contributed by atoms with Crippen LogP contribution in [0.1, 0.15) is 33.2 Å². The maximum absolute atomic E-state index is 12.0. The van der Waals surface area contributed by atoms with Crippen molar-refractivity contribution in [3.8, 4) is 0 Å². The van der Waals surface area contributed by atoms with Gasteiger partial charge in [-0.2, -0.15) is 0 Å². The monoisotopic (exact) mass is 267 g/mol. The zero-order valence-corrected chi connectivity index (χ0v) is 11.2. The van der Waals surface area contributed by atoms with E-state index in [2.05, 4.69) is 10.3 Å². The van der Waals surface area contributed by atoms with Crippen LogP contribution in [0.2, 0.25) is 0 Å². The summed E-state index contributed by atoms with van der Waals surface area (Å²) in [6.45, 7) is 3.75. The second kappa shape index (κ2) is 4.85. The molecule has 2 aromatic rings. The molecule has 1 amide bonds. The van der Waals surface area contributed by atoms with Crippen LogP contribution in [0.4, 0.5) is 5.13 Å². The van der Waals surface area contributed by atoms with Crippen LogP contribution in [0, 0.1) is 6.92 Å². The Hall–Kier alpha value is -1.40. The summed E-state index contributed by atoms with van der Waals surface area (Å²) in [6.07, 6.45) is 0. The lowest BCUT2D eigenvalue weighted by atomic mass is 10.2. The van der Waals surface area contributed by atoms with Crippen molar-refractivity contribution in [2.45, 2.75) is 19.9 Å². The molecule has 0 aliphatic carbocycles. The fourth-order valence-corrected chi connectivity index (χ4v) is 2.97. The highest BCUT2D eigenvalue weighted by molar-refractivity contribution is 7.17. The summed E-state index contributed by atoms with van der Waals surface area (Å²) < 4.78 is 0. The molecule has 90 valence electrons. The minimum absolute atomic E-state index is 0.00484. The number of nitrogens with one attached hydrogen (secondary N) is 1. The SMILES string of the molecule is Cc1nc(N)sc1C(=O)N[C@@H](C)c1cccs1. The van der Waals surface area contributed by atoms with E-state index in [4.69, 9.17) is 5.73 Å². The molecule has 0 saturated carbocycles. The van der Waals surface area contributed by atoms with Gasteiger partial charge >= 0.3 is 0 Å². The van der Waals surface area contributed by atoms with E-state index in [0.29, 0.717) is 15.7 Å². The van der Waals surface area contributed by atoms with Crippen molar-refractivity contribution in [2.24, 2.45) is 0 Å². The normalized spacial score (nSPS) is 12.4. The minimum atomic E-state index is -0.113. The Morgan fingerprint density at radius 2 is 2.35 bits per heavy atom. The van der Waals surface area contributed by atoms with Gasteiger partial charge in [0, 0.05) is 4.88 Å². The first kappa shape index (κ1) is 12.1. The number of thiazole rings is 1. The molecule has 0 aliphatic rings. The van der Waals surface area contributed by atoms with Crippen LogP contribution in [-0.2, 0) is 0 Å². The predicted octanol–water partition coefficient (Wildman–Crippen LogP) is 2.59. The molecule has 0 fully saturated rings. The van der Waals surface area contributed by atoms with E-state index in [9.17, 15) is 4.79 Å². The number of aryl methyl sites for hydroxylation is 1. The molecule has 0 spiro atoms. The molecule has 2 rings (SSSR count). The molecule has 0 bridgehead atoms. The second-order valence-corrected chi connectivity index (χ2v) is 5.69. The molecule has 0 aliphatic heterocycles. The second-order valence-electron chi connectivity index (χ2n) is 3.68. The van der Waals surface area contributed by atoms with Crippen LogP contribution < -0.4 is 11.1 Å². The van der Waals surface area contributed by atoms with Gasteiger partial charge in [-0.25, -0.2) is 4.98 Å². The first-order chi connectivity index (χ1) is 8.08. The number of rotatable bonds is 3. The van der Waals surface area contributed by atoms with E-state index >= 15 is 0 Å². The van der Waals surface area contributed by atoms with Crippen LogP contribution in [0.15, 0.2) is 17.5 Å². The molecule has 0 radical (unpaired) electrons. The number of hydrogen-bond acceptors (Lipinski definition) is 5. The molecule has 3 N–H and O–H groups in total. The van der Waals surface area contributed by atoms with E-state index in [-0.39, 0.29) is 11.9 Å². The van der Waals surface area contributed by atoms with Crippen molar-refractivity contribution < 1.29 is 4.79 Å². The van der Waals surface area contributed by atoms with Gasteiger partial charge < -0.3 is 11.1 Å². The smallest absolute Gasteiger partial charge is 0.263 e. The first-order valence-corrected chi connectivity index (χ1v) is 6.84. The Labute approximate surface area is 107 Å². The average Bonchev–Trinajstić information content (AvgIpc) is 2.87. The molecule has 17 heavy (non-hydrogen) atoms. The van der Waals surface area contributed by atoms with Crippen molar-refractivity contribution in [2.75, 3.05) is 5.73 Å². The Bertz CT molecular complexity index is 519. The zero-order chi connectivity index (χ0) is 12.4. The predicted molar refractivity (Wildman–Crippen MR) is 71.5 cm³/mol. The third-order valence-corrected chi connectivity index (χ3v) is 4.38. The van der Waals surface area contributed by atoms with Crippen molar-refractivity contribution >= 4 is 33.7 Å². The Kier molecular flexibility index (Phi) is 3.44. The quantitative estimate of drug-likeness (QED) is 0.898. The van der Waals surface area contributed by atoms with E-state index in [0.717, 1.165) is 4.88 Å². The van der Waals surface area contributed by atoms with Gasteiger partial charge in [0.25, 0.3) is 5.91 Å². The number of carbonyl (C=O) groups excluding carboxylic acids is 1. The number of nitrogens with zero attached hydrogens (tertiary/aromatic N) is 1. The number of anilines is 1. The van der Waals surface area contributed by atoms with E-state index < -0.39 is 0 Å². The van der Waals surface area contributed by atoms with Crippen LogP contribution in [-0.4, -0.2) is 10.9 Å². The highest BCUT2D eigenvalue weighted by Gasteiger charge is 2.17. The van der Waals surface area contributed by atoms with Crippen LogP contribution in [0.3, 0.4) is 0 Å². The Morgan fingerprint density at radius 3 is 2.88 bits per heavy atom. The fraction of sp³-hybridized carbons (Fsp3) is 0.273. The van der Waals surface area contributed by atoms with Gasteiger partial charge in [0.1, 0.15) is 4.88 Å². The maximum Gasteiger partial charge on any atom is 0.263 e. The highest BCUT2D eigenvalue weighted by Crippen LogP contribution is 2.22. The number of thiophene rings is 1. The number of amides is 1. The van der Waals surface area contributed by atoms with Gasteiger partial charge in [0.15, 0.2) is 5.13 Å². The number of nitrogens with two attached hydrogens (primary N) is 1. The van der Waals surface area contributed by atoms with E-state index in [1.54, 1.807) is 18.3 Å². The summed E-state index contributed by atoms with van der Waals surface area (Å²) in [5.41, 5.74) is 6.26. The molecule has 0 unspecified atom stereocenters. The summed E-state index contributed by atoms with van der Waals surface area (Å²) in [5, 5.41) is 5.36. The molecule has 0 saturated heterocycles. The van der Waals surface area contributed by atoms with Crippen molar-refractivity contribution in [3.63, 3.8) is 0 Å². The Balaban J connectivity index is 2.09. The maximum atomic E-state index is 12.0. The molecule has 0 aromatic carbocycles. The summed E-state index contributed by atoms with van der Waals surface area (Å²) in [7, 11) is 0. The van der Waals surface area contributed by atoms with Crippen LogP contribution >= 0.6 is 22.7 Å². The van der Waals surface area contributed by atoms with Gasteiger partial charge in [0.2, 0.25) is 0 Å². The number of carbonyl (C=O) groups is 1. The van der Waals surface area contributed by atoms with Crippen molar-refractivity contribution in [1.82, 2.24) is 10.3 Å². The molecule has 2 aromatic heterocycles. The van der Waals surface area contributed by atoms with Crippen molar-refractivity contribution in [1.29, 1.82) is 0 Å². The lowest BCUT2D eigenvalue weighted by molar-refractivity contribution is 0.0944. The standard InChI is InChI=1S/C11H13N3OS2/c1-6(8-4-3-5-16-8)13-10(15)9-7(2)14-11(12)17-9/h3-6H,1-2H3,(H2,12,14)(H,13,15)/t6-/m0/s1. The van der Waals surface area contributed by atoms with Gasteiger partial charge in [-0.05, 0) is 25.3 Å². The Morgan fingerprint density at radius 1 is 1.59 bits per heavy atom. The fourth-order valence-electron chi connectivity index (χ4n) is 1.50. The number of hydrogen-bond donors (Lipinski definition) is 2. The average molecular weight is 267 g/mol. The summed E-state index contributed by atoms with van der Waals surface area (Å²) in [6, 6.07) is 3.98. The van der Waals surface area contributed by atoms with Gasteiger partial charge in [-0.15, -0.1) is 11.3 Å². The van der Waals surface area contributed by atoms with Gasteiger partial charge in [-0.3, -0.25) is 4.79 Å². The molecule has 2 heterocycles. The first-order valence-electron chi connectivity index (χ1n) is 5.15. The summed E-state index contributed by atoms with van der Waals surface area (Å²) in [4.78, 5) is 17.8. The lowest BCUT2D eigenvalue weighted by Crippen LogP contribution is -2.25. The molecular formula is C11H13N3OS2. The minimum Gasteiger partial charge on any atom is -0.375 e. The number of aromatic nitrogens is 1. The molecule has 1 atom stereocenters.